The predicted molar refractivity (Wildman–Crippen MR) is 54.2 cm³/mol. The summed E-state index contributed by atoms with van der Waals surface area (Å²) in [5.41, 5.74) is -1.69. The Bertz CT molecular complexity index is 677. The second-order valence-corrected chi connectivity index (χ2v) is 3.49. The van der Waals surface area contributed by atoms with Gasteiger partial charge in [0.05, 0.1) is 22.9 Å². The van der Waals surface area contributed by atoms with Crippen LogP contribution in [0.5, 0.6) is 0 Å². The molecule has 0 aliphatic rings. The van der Waals surface area contributed by atoms with Gasteiger partial charge in [-0.2, -0.15) is 5.26 Å². The molecule has 0 aliphatic carbocycles. The van der Waals surface area contributed by atoms with Gasteiger partial charge >= 0.3 is 0 Å². The molecule has 2 rings (SSSR count). The number of aromatic nitrogens is 1. The Morgan fingerprint density at radius 2 is 1.42 bits per heavy atom. The zero-order chi connectivity index (χ0) is 14.2. The Morgan fingerprint density at radius 1 is 0.895 bits per heavy atom. The van der Waals surface area contributed by atoms with E-state index in [2.05, 4.69) is 4.98 Å². The maximum atomic E-state index is 13.5. The van der Waals surface area contributed by atoms with Crippen LogP contribution in [-0.2, 0) is 0 Å². The van der Waals surface area contributed by atoms with Gasteiger partial charge in [0, 0.05) is 6.20 Å². The van der Waals surface area contributed by atoms with Crippen molar-refractivity contribution in [3.8, 4) is 17.3 Å². The van der Waals surface area contributed by atoms with Crippen molar-refractivity contribution < 1.29 is 22.0 Å². The molecule has 96 valence electrons. The number of benzene rings is 1. The second-order valence-electron chi connectivity index (χ2n) is 3.49. The topological polar surface area (TPSA) is 36.7 Å². The van der Waals surface area contributed by atoms with Gasteiger partial charge in [0.15, 0.2) is 23.3 Å². The molecule has 1 heterocycles. The number of pyridine rings is 1. The average Bonchev–Trinajstić information content (AvgIpc) is 2.43. The molecular formula is C12H3F5N2. The van der Waals surface area contributed by atoms with Crippen LogP contribution < -0.4 is 0 Å². The Balaban J connectivity index is 2.79. The SMILES string of the molecule is N#Cc1ccnc(-c2c(F)c(F)c(F)c(F)c2F)c1. The molecule has 0 bridgehead atoms. The number of hydrogen-bond donors (Lipinski definition) is 0. The lowest BCUT2D eigenvalue weighted by Gasteiger charge is -2.07. The molecule has 0 saturated heterocycles. The zero-order valence-corrected chi connectivity index (χ0v) is 9.02. The first-order chi connectivity index (χ1) is 8.97. The van der Waals surface area contributed by atoms with Crippen LogP contribution in [0, 0.1) is 40.4 Å². The fourth-order valence-corrected chi connectivity index (χ4v) is 1.47. The van der Waals surface area contributed by atoms with Crippen LogP contribution >= 0.6 is 0 Å². The second kappa shape index (κ2) is 4.65. The molecule has 7 heteroatoms. The molecule has 1 aromatic heterocycles. The molecule has 0 atom stereocenters. The van der Waals surface area contributed by atoms with E-state index in [4.69, 9.17) is 5.26 Å². The van der Waals surface area contributed by atoms with E-state index in [9.17, 15) is 22.0 Å². The number of nitrogens with zero attached hydrogens (tertiary/aromatic N) is 2. The van der Waals surface area contributed by atoms with Gasteiger partial charge in [-0.3, -0.25) is 4.98 Å². The van der Waals surface area contributed by atoms with Crippen molar-refractivity contribution in [2.45, 2.75) is 0 Å². The van der Waals surface area contributed by atoms with Gasteiger partial charge in [-0.25, -0.2) is 22.0 Å². The Morgan fingerprint density at radius 3 is 1.95 bits per heavy atom. The highest BCUT2D eigenvalue weighted by molar-refractivity contribution is 5.62. The maximum Gasteiger partial charge on any atom is 0.200 e. The van der Waals surface area contributed by atoms with E-state index >= 15 is 0 Å². The first-order valence-corrected chi connectivity index (χ1v) is 4.85. The Labute approximate surface area is 103 Å². The fourth-order valence-electron chi connectivity index (χ4n) is 1.47. The van der Waals surface area contributed by atoms with E-state index in [1.54, 1.807) is 6.07 Å². The molecule has 0 aliphatic heterocycles. The van der Waals surface area contributed by atoms with Crippen molar-refractivity contribution in [2.24, 2.45) is 0 Å². The lowest BCUT2D eigenvalue weighted by molar-refractivity contribution is 0.381. The fraction of sp³-hybridized carbons (Fsp3) is 0. The maximum absolute atomic E-state index is 13.5. The van der Waals surface area contributed by atoms with Crippen LogP contribution in [-0.4, -0.2) is 4.98 Å². The van der Waals surface area contributed by atoms with E-state index in [-0.39, 0.29) is 5.56 Å². The van der Waals surface area contributed by atoms with Crippen LogP contribution in [0.1, 0.15) is 5.56 Å². The van der Waals surface area contributed by atoms with Crippen molar-refractivity contribution in [3.05, 3.63) is 53.0 Å². The molecular weight excluding hydrogens is 267 g/mol. The van der Waals surface area contributed by atoms with Crippen molar-refractivity contribution in [3.63, 3.8) is 0 Å². The smallest absolute Gasteiger partial charge is 0.200 e. The van der Waals surface area contributed by atoms with E-state index in [1.165, 1.54) is 6.07 Å². The van der Waals surface area contributed by atoms with E-state index < -0.39 is 40.3 Å². The van der Waals surface area contributed by atoms with Gasteiger partial charge in [-0.1, -0.05) is 0 Å². The highest BCUT2D eigenvalue weighted by atomic mass is 19.2. The van der Waals surface area contributed by atoms with Gasteiger partial charge in [0.1, 0.15) is 0 Å². The van der Waals surface area contributed by atoms with E-state index in [0.717, 1.165) is 12.3 Å². The average molecular weight is 270 g/mol. The molecule has 0 radical (unpaired) electrons. The normalized spacial score (nSPS) is 10.3. The predicted octanol–water partition coefficient (Wildman–Crippen LogP) is 3.32. The minimum Gasteiger partial charge on any atom is -0.256 e. The summed E-state index contributed by atoms with van der Waals surface area (Å²) in [5.74, 6) is -10.3. The first-order valence-electron chi connectivity index (χ1n) is 4.85. The van der Waals surface area contributed by atoms with Crippen LogP contribution in [0.3, 0.4) is 0 Å². The molecule has 1 aromatic carbocycles. The van der Waals surface area contributed by atoms with Crippen molar-refractivity contribution >= 4 is 0 Å². The lowest BCUT2D eigenvalue weighted by Crippen LogP contribution is -2.04. The summed E-state index contributed by atoms with van der Waals surface area (Å²) in [6.07, 6.45) is 1.03. The number of rotatable bonds is 1. The van der Waals surface area contributed by atoms with E-state index in [0.29, 0.717) is 0 Å². The molecule has 0 amide bonds. The summed E-state index contributed by atoms with van der Waals surface area (Å²) in [4.78, 5) is 3.50. The summed E-state index contributed by atoms with van der Waals surface area (Å²) in [6.45, 7) is 0. The summed E-state index contributed by atoms with van der Waals surface area (Å²) in [5, 5.41) is 8.63. The first kappa shape index (κ1) is 13.0. The van der Waals surface area contributed by atoms with Crippen molar-refractivity contribution in [1.29, 1.82) is 5.26 Å². The summed E-state index contributed by atoms with van der Waals surface area (Å²) >= 11 is 0. The Hall–Kier alpha value is -2.49. The monoisotopic (exact) mass is 270 g/mol. The highest BCUT2D eigenvalue weighted by Gasteiger charge is 2.27. The summed E-state index contributed by atoms with van der Waals surface area (Å²) in [6, 6.07) is 3.83. The minimum absolute atomic E-state index is 0.0195. The third-order valence-electron chi connectivity index (χ3n) is 2.35. The molecule has 0 fully saturated rings. The third-order valence-corrected chi connectivity index (χ3v) is 2.35. The molecule has 0 N–H and O–H groups in total. The van der Waals surface area contributed by atoms with Gasteiger partial charge in [0.2, 0.25) is 5.82 Å². The van der Waals surface area contributed by atoms with Crippen molar-refractivity contribution in [2.75, 3.05) is 0 Å². The molecule has 0 saturated carbocycles. The quantitative estimate of drug-likeness (QED) is 0.453. The van der Waals surface area contributed by atoms with Gasteiger partial charge in [0.25, 0.3) is 0 Å². The van der Waals surface area contributed by atoms with Crippen LogP contribution in [0.15, 0.2) is 18.3 Å². The van der Waals surface area contributed by atoms with Gasteiger partial charge < -0.3 is 0 Å². The zero-order valence-electron chi connectivity index (χ0n) is 9.02. The van der Waals surface area contributed by atoms with Gasteiger partial charge in [-0.15, -0.1) is 0 Å². The standard InChI is InChI=1S/C12H3F5N2/c13-8-7(6-3-5(4-18)1-2-19-6)9(14)11(16)12(17)10(8)15/h1-3H. The number of halogens is 5. The molecule has 2 nitrogen and oxygen atoms in total. The molecule has 0 spiro atoms. The van der Waals surface area contributed by atoms with Gasteiger partial charge in [-0.05, 0) is 12.1 Å². The lowest BCUT2D eigenvalue weighted by atomic mass is 10.1. The highest BCUT2D eigenvalue weighted by Crippen LogP contribution is 2.30. The van der Waals surface area contributed by atoms with Crippen LogP contribution in [0.4, 0.5) is 22.0 Å². The molecule has 0 unspecified atom stereocenters. The molecule has 2 aromatic rings. The van der Waals surface area contributed by atoms with Crippen molar-refractivity contribution in [1.82, 2.24) is 4.98 Å². The summed E-state index contributed by atoms with van der Waals surface area (Å²) in [7, 11) is 0. The Kier molecular flexibility index (Phi) is 3.17. The number of hydrogen-bond acceptors (Lipinski definition) is 2. The van der Waals surface area contributed by atoms with E-state index in [1.807, 2.05) is 0 Å². The van der Waals surface area contributed by atoms with Crippen LogP contribution in [0.25, 0.3) is 11.3 Å². The largest absolute Gasteiger partial charge is 0.256 e. The third kappa shape index (κ3) is 2.01. The molecule has 19 heavy (non-hydrogen) atoms. The van der Waals surface area contributed by atoms with Crippen LogP contribution in [0.2, 0.25) is 0 Å². The number of nitriles is 1. The minimum atomic E-state index is -2.24. The summed E-state index contributed by atoms with van der Waals surface area (Å²) < 4.78 is 65.9.